The van der Waals surface area contributed by atoms with Crippen LogP contribution < -0.4 is 5.32 Å². The topological polar surface area (TPSA) is 12.0 Å². The van der Waals surface area contributed by atoms with Crippen molar-refractivity contribution in [3.05, 3.63) is 59.4 Å². The van der Waals surface area contributed by atoms with Crippen molar-refractivity contribution in [3.8, 4) is 0 Å². The summed E-state index contributed by atoms with van der Waals surface area (Å²) in [6, 6.07) is 9.10. The van der Waals surface area contributed by atoms with E-state index in [1.165, 1.54) is 0 Å². The molecule has 0 saturated carbocycles. The maximum absolute atomic E-state index is 13.6. The molecule has 19 heavy (non-hydrogen) atoms. The highest BCUT2D eigenvalue weighted by atomic mass is 32.2. The Morgan fingerprint density at radius 3 is 2.58 bits per heavy atom. The second kappa shape index (κ2) is 4.81. The van der Waals surface area contributed by atoms with Crippen LogP contribution in [0.3, 0.4) is 0 Å². The number of thioether (sulfide) groups is 1. The zero-order valence-electron chi connectivity index (χ0n) is 9.79. The molecule has 0 saturated heterocycles. The lowest BCUT2D eigenvalue weighted by Crippen LogP contribution is -2.11. The maximum Gasteiger partial charge on any atom is 0.161 e. The van der Waals surface area contributed by atoms with Gasteiger partial charge in [-0.25, -0.2) is 13.2 Å². The number of fused-ring (bicyclic) bond motifs is 1. The third-order valence-electron chi connectivity index (χ3n) is 3.04. The first-order chi connectivity index (χ1) is 9.15. The standard InChI is InChI=1S/C14H10F3NS/c15-9-5-11(17)12(6-10(9)16)18-13-7-19-14-4-2-1-3-8(13)14/h1-6,13,18H,7H2. The SMILES string of the molecule is Fc1cc(F)c(NC2CSc3ccccc32)cc1F. The molecule has 2 aromatic carbocycles. The monoisotopic (exact) mass is 281 g/mol. The molecule has 1 atom stereocenters. The summed E-state index contributed by atoms with van der Waals surface area (Å²) in [5, 5.41) is 2.93. The number of halogens is 3. The van der Waals surface area contributed by atoms with Gasteiger partial charge in [-0.3, -0.25) is 0 Å². The fourth-order valence-corrected chi connectivity index (χ4v) is 3.26. The van der Waals surface area contributed by atoms with Crippen LogP contribution in [-0.2, 0) is 0 Å². The summed E-state index contributed by atoms with van der Waals surface area (Å²) in [5.74, 6) is -2.28. The normalized spacial score (nSPS) is 17.3. The average molecular weight is 281 g/mol. The molecular weight excluding hydrogens is 271 g/mol. The van der Waals surface area contributed by atoms with E-state index in [2.05, 4.69) is 5.32 Å². The summed E-state index contributed by atoms with van der Waals surface area (Å²) in [6.07, 6.45) is 0. The van der Waals surface area contributed by atoms with Crippen molar-refractivity contribution in [1.82, 2.24) is 0 Å². The molecule has 5 heteroatoms. The first-order valence-electron chi connectivity index (χ1n) is 5.78. The molecule has 0 fully saturated rings. The van der Waals surface area contributed by atoms with Crippen LogP contribution in [0.5, 0.6) is 0 Å². The van der Waals surface area contributed by atoms with Gasteiger partial charge in [0.05, 0.1) is 11.7 Å². The molecule has 0 aliphatic carbocycles. The van der Waals surface area contributed by atoms with E-state index in [0.717, 1.165) is 22.3 Å². The number of hydrogen-bond acceptors (Lipinski definition) is 2. The highest BCUT2D eigenvalue weighted by Gasteiger charge is 2.23. The van der Waals surface area contributed by atoms with Crippen LogP contribution in [0.4, 0.5) is 18.9 Å². The van der Waals surface area contributed by atoms with Gasteiger partial charge in [0, 0.05) is 22.8 Å². The first-order valence-corrected chi connectivity index (χ1v) is 6.76. The molecule has 1 aliphatic heterocycles. The minimum Gasteiger partial charge on any atom is -0.375 e. The van der Waals surface area contributed by atoms with Gasteiger partial charge in [-0.2, -0.15) is 0 Å². The Hall–Kier alpha value is -1.62. The molecule has 3 rings (SSSR count). The van der Waals surface area contributed by atoms with Gasteiger partial charge in [-0.05, 0) is 11.6 Å². The van der Waals surface area contributed by atoms with Crippen molar-refractivity contribution < 1.29 is 13.2 Å². The molecule has 1 N–H and O–H groups in total. The fourth-order valence-electron chi connectivity index (χ4n) is 2.10. The van der Waals surface area contributed by atoms with E-state index in [0.29, 0.717) is 6.07 Å². The number of hydrogen-bond donors (Lipinski definition) is 1. The lowest BCUT2D eigenvalue weighted by molar-refractivity contribution is 0.495. The van der Waals surface area contributed by atoms with E-state index >= 15 is 0 Å². The van der Waals surface area contributed by atoms with Gasteiger partial charge in [0.2, 0.25) is 0 Å². The van der Waals surface area contributed by atoms with Crippen LogP contribution in [0.15, 0.2) is 41.3 Å². The van der Waals surface area contributed by atoms with Crippen LogP contribution in [0, 0.1) is 17.5 Å². The van der Waals surface area contributed by atoms with Gasteiger partial charge in [0.15, 0.2) is 11.6 Å². The van der Waals surface area contributed by atoms with Gasteiger partial charge in [-0.1, -0.05) is 18.2 Å². The Kier molecular flexibility index (Phi) is 3.14. The molecule has 0 amide bonds. The lowest BCUT2D eigenvalue weighted by Gasteiger charge is -2.15. The molecule has 1 aliphatic rings. The van der Waals surface area contributed by atoms with Crippen molar-refractivity contribution in [2.24, 2.45) is 0 Å². The molecule has 2 aromatic rings. The van der Waals surface area contributed by atoms with E-state index < -0.39 is 17.5 Å². The van der Waals surface area contributed by atoms with Crippen LogP contribution in [0.1, 0.15) is 11.6 Å². The van der Waals surface area contributed by atoms with Crippen LogP contribution in [-0.4, -0.2) is 5.75 Å². The third-order valence-corrected chi connectivity index (χ3v) is 4.22. The minimum atomic E-state index is -1.18. The first kappa shape index (κ1) is 12.4. The van der Waals surface area contributed by atoms with Crippen molar-refractivity contribution in [2.75, 3.05) is 11.1 Å². The summed E-state index contributed by atoms with van der Waals surface area (Å²) in [4.78, 5) is 1.13. The molecule has 1 nitrogen and oxygen atoms in total. The largest absolute Gasteiger partial charge is 0.375 e. The van der Waals surface area contributed by atoms with Crippen LogP contribution >= 0.6 is 11.8 Å². The number of rotatable bonds is 2. The summed E-state index contributed by atoms with van der Waals surface area (Å²) in [5.41, 5.74) is 1.04. The zero-order chi connectivity index (χ0) is 13.4. The van der Waals surface area contributed by atoms with Crippen molar-refractivity contribution in [1.29, 1.82) is 0 Å². The van der Waals surface area contributed by atoms with Crippen LogP contribution in [0.25, 0.3) is 0 Å². The van der Waals surface area contributed by atoms with Gasteiger partial charge >= 0.3 is 0 Å². The van der Waals surface area contributed by atoms with Crippen molar-refractivity contribution in [2.45, 2.75) is 10.9 Å². The molecule has 1 unspecified atom stereocenters. The molecule has 1 heterocycles. The highest BCUT2D eigenvalue weighted by molar-refractivity contribution is 7.99. The number of nitrogens with one attached hydrogen (secondary N) is 1. The predicted molar refractivity (Wildman–Crippen MR) is 69.8 cm³/mol. The minimum absolute atomic E-state index is 0.0128. The van der Waals surface area contributed by atoms with Gasteiger partial charge < -0.3 is 5.32 Å². The molecule has 0 bridgehead atoms. The molecule has 98 valence electrons. The third kappa shape index (κ3) is 2.30. The van der Waals surface area contributed by atoms with Crippen molar-refractivity contribution in [3.63, 3.8) is 0 Å². The smallest absolute Gasteiger partial charge is 0.161 e. The average Bonchev–Trinajstić information content (AvgIpc) is 2.80. The Morgan fingerprint density at radius 2 is 1.74 bits per heavy atom. The quantitative estimate of drug-likeness (QED) is 0.821. The molecular formula is C14H10F3NS. The van der Waals surface area contributed by atoms with E-state index in [9.17, 15) is 13.2 Å². The summed E-state index contributed by atoms with van der Waals surface area (Å²) < 4.78 is 39.6. The maximum atomic E-state index is 13.6. The predicted octanol–water partition coefficient (Wildman–Crippen LogP) is 4.36. The van der Waals surface area contributed by atoms with E-state index in [1.54, 1.807) is 11.8 Å². The van der Waals surface area contributed by atoms with E-state index in [1.807, 2.05) is 24.3 Å². The fraction of sp³-hybridized carbons (Fsp3) is 0.143. The van der Waals surface area contributed by atoms with Gasteiger partial charge in [-0.15, -0.1) is 11.8 Å². The Morgan fingerprint density at radius 1 is 1.00 bits per heavy atom. The summed E-state index contributed by atoms with van der Waals surface area (Å²) in [7, 11) is 0. The highest BCUT2D eigenvalue weighted by Crippen LogP contribution is 2.39. The second-order valence-electron chi connectivity index (χ2n) is 4.29. The number of anilines is 1. The molecule has 0 spiro atoms. The van der Waals surface area contributed by atoms with Gasteiger partial charge in [0.1, 0.15) is 5.82 Å². The summed E-state index contributed by atoms with van der Waals surface area (Å²) >= 11 is 1.66. The Labute approximate surface area is 112 Å². The number of benzene rings is 2. The van der Waals surface area contributed by atoms with Gasteiger partial charge in [0.25, 0.3) is 0 Å². The lowest BCUT2D eigenvalue weighted by atomic mass is 10.1. The molecule has 0 aromatic heterocycles. The van der Waals surface area contributed by atoms with Crippen LogP contribution in [0.2, 0.25) is 0 Å². The zero-order valence-corrected chi connectivity index (χ0v) is 10.6. The van der Waals surface area contributed by atoms with E-state index in [4.69, 9.17) is 0 Å². The Bertz CT molecular complexity index is 630. The summed E-state index contributed by atoms with van der Waals surface area (Å²) in [6.45, 7) is 0. The Balaban J connectivity index is 1.89. The second-order valence-corrected chi connectivity index (χ2v) is 5.35. The molecule has 0 radical (unpaired) electrons. The van der Waals surface area contributed by atoms with E-state index in [-0.39, 0.29) is 11.7 Å². The van der Waals surface area contributed by atoms with Crippen molar-refractivity contribution >= 4 is 17.4 Å².